The van der Waals surface area contributed by atoms with Gasteiger partial charge in [0.15, 0.2) is 29.7 Å². The third-order valence-corrected chi connectivity index (χ3v) is 9.57. The Bertz CT molecular complexity index is 1560. The summed E-state index contributed by atoms with van der Waals surface area (Å²) in [4.78, 5) is 42.7. The second kappa shape index (κ2) is 11.8. The van der Waals surface area contributed by atoms with Crippen LogP contribution in [0.4, 0.5) is 5.69 Å². The maximum atomic E-state index is 13.9. The number of hydrogen-bond acceptors (Lipinski definition) is 6. The predicted octanol–water partition coefficient (Wildman–Crippen LogP) is 7.80. The van der Waals surface area contributed by atoms with E-state index in [1.807, 2.05) is 58.2 Å². The molecule has 0 radical (unpaired) electrons. The van der Waals surface area contributed by atoms with Gasteiger partial charge in [-0.2, -0.15) is 0 Å². The molecule has 44 heavy (non-hydrogen) atoms. The van der Waals surface area contributed by atoms with Gasteiger partial charge in [0.05, 0.1) is 11.1 Å². The van der Waals surface area contributed by atoms with Crippen molar-refractivity contribution in [1.82, 2.24) is 4.90 Å². The number of hydrogen-bond donors (Lipinski definition) is 1. The molecule has 1 N–H and O–H groups in total. The molecular formula is C36H43BrN2O5. The monoisotopic (exact) mass is 662 g/mol. The highest BCUT2D eigenvalue weighted by Gasteiger charge is 2.48. The molecule has 7 nitrogen and oxygen atoms in total. The highest BCUT2D eigenvalue weighted by Crippen LogP contribution is 2.55. The molecule has 2 aliphatic carbocycles. The number of ether oxygens (including phenoxy) is 2. The number of carbonyl (C=O) groups excluding carboxylic acids is 3. The average molecular weight is 664 g/mol. The molecule has 0 unspecified atom stereocenters. The Morgan fingerprint density at radius 1 is 0.909 bits per heavy atom. The van der Waals surface area contributed by atoms with E-state index in [0.29, 0.717) is 52.3 Å². The van der Waals surface area contributed by atoms with E-state index < -0.39 is 5.92 Å². The van der Waals surface area contributed by atoms with Crippen LogP contribution >= 0.6 is 15.9 Å². The van der Waals surface area contributed by atoms with Crippen molar-refractivity contribution >= 4 is 39.1 Å². The Morgan fingerprint density at radius 3 is 2.05 bits per heavy atom. The Morgan fingerprint density at radius 2 is 1.50 bits per heavy atom. The van der Waals surface area contributed by atoms with Gasteiger partial charge in [0.2, 0.25) is 0 Å². The van der Waals surface area contributed by atoms with E-state index in [1.165, 1.54) is 0 Å². The number of anilines is 1. The topological polar surface area (TPSA) is 84.9 Å². The van der Waals surface area contributed by atoms with Crippen LogP contribution in [-0.2, 0) is 14.4 Å². The van der Waals surface area contributed by atoms with Crippen LogP contribution in [0.1, 0.15) is 82.9 Å². The summed E-state index contributed by atoms with van der Waals surface area (Å²) in [6, 6.07) is 9.54. The van der Waals surface area contributed by atoms with Crippen molar-refractivity contribution < 1.29 is 23.9 Å². The first-order valence-corrected chi connectivity index (χ1v) is 16.1. The van der Waals surface area contributed by atoms with E-state index in [1.54, 1.807) is 0 Å². The van der Waals surface area contributed by atoms with Crippen LogP contribution in [0.3, 0.4) is 0 Å². The molecule has 0 fully saturated rings. The minimum absolute atomic E-state index is 0.0784. The molecule has 3 aliphatic rings. The van der Waals surface area contributed by atoms with Gasteiger partial charge < -0.3 is 19.7 Å². The highest BCUT2D eigenvalue weighted by atomic mass is 79.9. The smallest absolute Gasteiger partial charge is 0.262 e. The van der Waals surface area contributed by atoms with Gasteiger partial charge in [-0.05, 0) is 101 Å². The lowest BCUT2D eigenvalue weighted by molar-refractivity contribution is -0.120. The van der Waals surface area contributed by atoms with Gasteiger partial charge >= 0.3 is 0 Å². The average Bonchev–Trinajstić information content (AvgIpc) is 2.90. The summed E-state index contributed by atoms with van der Waals surface area (Å²) in [5.41, 5.74) is 6.79. The lowest BCUT2D eigenvalue weighted by Crippen LogP contribution is -2.43. The Balaban J connectivity index is 1.53. The number of carbonyl (C=O) groups is 3. The summed E-state index contributed by atoms with van der Waals surface area (Å²) in [6.45, 7) is 14.6. The number of ketones is 2. The third-order valence-electron chi connectivity index (χ3n) is 8.98. The Labute approximate surface area is 269 Å². The van der Waals surface area contributed by atoms with E-state index >= 15 is 0 Å². The molecule has 0 saturated carbocycles. The number of nitrogens with zero attached hydrogens (tertiary/aromatic N) is 1. The van der Waals surface area contributed by atoms with E-state index in [2.05, 4.69) is 53.8 Å². The van der Waals surface area contributed by atoms with Gasteiger partial charge in [0.25, 0.3) is 5.91 Å². The minimum atomic E-state index is -0.499. The van der Waals surface area contributed by atoms with Gasteiger partial charge in [-0.3, -0.25) is 14.4 Å². The summed E-state index contributed by atoms with van der Waals surface area (Å²) in [5.74, 6) is 0.212. The Hall–Kier alpha value is -3.39. The standard InChI is InChI=1S/C36H43BrN2O5/c1-9-43-29-14-22(13-24(37)34(29)44-19-30(42)38-23-11-10-20(2)21(3)12-23)31-32-25(15-35(4,5)17-27(32)40)39(8)26-16-36(6,7)18-28(41)33(26)31/h10-14,31H,9,15-19H2,1-8H3,(H,38,42). The van der Waals surface area contributed by atoms with Crippen LogP contribution in [0.15, 0.2) is 57.3 Å². The fourth-order valence-corrected chi connectivity index (χ4v) is 7.38. The summed E-state index contributed by atoms with van der Waals surface area (Å²) in [7, 11) is 2.01. The molecule has 0 bridgehead atoms. The van der Waals surface area contributed by atoms with Crippen molar-refractivity contribution in [3.63, 3.8) is 0 Å². The van der Waals surface area contributed by atoms with E-state index in [4.69, 9.17) is 9.47 Å². The number of nitrogens with one attached hydrogen (secondary N) is 1. The van der Waals surface area contributed by atoms with Crippen LogP contribution < -0.4 is 14.8 Å². The molecule has 234 valence electrons. The van der Waals surface area contributed by atoms with Crippen molar-refractivity contribution in [2.24, 2.45) is 10.8 Å². The summed E-state index contributed by atoms with van der Waals surface area (Å²) in [5, 5.41) is 2.89. The quantitative estimate of drug-likeness (QED) is 0.326. The number of allylic oxidation sites excluding steroid dienone is 4. The van der Waals surface area contributed by atoms with Crippen LogP contribution in [0.25, 0.3) is 0 Å². The first-order valence-electron chi connectivity index (χ1n) is 15.3. The van der Waals surface area contributed by atoms with Gasteiger partial charge in [-0.1, -0.05) is 33.8 Å². The highest BCUT2D eigenvalue weighted by molar-refractivity contribution is 9.10. The zero-order valence-electron chi connectivity index (χ0n) is 27.1. The molecule has 0 saturated heterocycles. The van der Waals surface area contributed by atoms with Crippen LogP contribution in [-0.4, -0.2) is 42.6 Å². The number of amides is 1. The molecular weight excluding hydrogens is 620 g/mol. The molecule has 5 rings (SSSR count). The van der Waals surface area contributed by atoms with Crippen molar-refractivity contribution in [2.45, 2.75) is 80.1 Å². The van der Waals surface area contributed by atoms with E-state index in [0.717, 1.165) is 40.9 Å². The second-order valence-electron chi connectivity index (χ2n) is 14.0. The van der Waals surface area contributed by atoms with Crippen molar-refractivity contribution in [2.75, 3.05) is 25.6 Å². The zero-order valence-corrected chi connectivity index (χ0v) is 28.7. The number of Topliss-reactive ketones (excluding diaryl/α,β-unsaturated/α-hetero) is 2. The Kier molecular flexibility index (Phi) is 8.62. The van der Waals surface area contributed by atoms with Gasteiger partial charge in [0, 0.05) is 54.0 Å². The number of benzene rings is 2. The summed E-state index contributed by atoms with van der Waals surface area (Å²) in [6.07, 6.45) is 2.36. The predicted molar refractivity (Wildman–Crippen MR) is 176 cm³/mol. The lowest BCUT2D eigenvalue weighted by atomic mass is 9.64. The molecule has 2 aromatic carbocycles. The van der Waals surface area contributed by atoms with Crippen molar-refractivity contribution in [1.29, 1.82) is 0 Å². The third kappa shape index (κ3) is 6.23. The first-order chi connectivity index (χ1) is 20.6. The minimum Gasteiger partial charge on any atom is -0.490 e. The summed E-state index contributed by atoms with van der Waals surface area (Å²) < 4.78 is 12.7. The van der Waals surface area contributed by atoms with E-state index in [-0.39, 0.29) is 34.9 Å². The summed E-state index contributed by atoms with van der Waals surface area (Å²) >= 11 is 3.67. The van der Waals surface area contributed by atoms with Crippen molar-refractivity contribution in [3.8, 4) is 11.5 Å². The maximum Gasteiger partial charge on any atom is 0.262 e. The molecule has 0 spiro atoms. The molecule has 0 atom stereocenters. The number of rotatable bonds is 7. The fourth-order valence-electron chi connectivity index (χ4n) is 6.81. The fraction of sp³-hybridized carbons (Fsp3) is 0.472. The molecule has 0 aromatic heterocycles. The van der Waals surface area contributed by atoms with Gasteiger partial charge in [-0.15, -0.1) is 0 Å². The molecule has 1 aliphatic heterocycles. The molecule has 2 aromatic rings. The normalized spacial score (nSPS) is 19.5. The molecule has 1 heterocycles. The number of aryl methyl sites for hydroxylation is 2. The number of halogens is 1. The van der Waals surface area contributed by atoms with Gasteiger partial charge in [-0.25, -0.2) is 0 Å². The largest absolute Gasteiger partial charge is 0.490 e. The molecule has 1 amide bonds. The maximum absolute atomic E-state index is 13.9. The SMILES string of the molecule is CCOc1cc(C2C3=C(CC(C)(C)CC3=O)N(C)C3=C2C(=O)CC(C)(C)C3)cc(Br)c1OCC(=O)Nc1ccc(C)c(C)c1. The molecule has 8 heteroatoms. The van der Waals surface area contributed by atoms with Crippen molar-refractivity contribution in [3.05, 3.63) is 74.0 Å². The second-order valence-corrected chi connectivity index (χ2v) is 14.8. The van der Waals surface area contributed by atoms with Gasteiger partial charge in [0.1, 0.15) is 0 Å². The zero-order chi connectivity index (χ0) is 32.1. The van der Waals surface area contributed by atoms with E-state index in [9.17, 15) is 14.4 Å². The van der Waals surface area contributed by atoms with Crippen LogP contribution in [0, 0.1) is 24.7 Å². The first kappa shape index (κ1) is 32.0. The van der Waals surface area contributed by atoms with Crippen LogP contribution in [0.5, 0.6) is 11.5 Å². The lowest BCUT2D eigenvalue weighted by Gasteiger charge is -2.48. The van der Waals surface area contributed by atoms with Crippen LogP contribution in [0.2, 0.25) is 0 Å².